The summed E-state index contributed by atoms with van der Waals surface area (Å²) < 4.78 is 32.1. The van der Waals surface area contributed by atoms with Gasteiger partial charge in [-0.25, -0.2) is 13.1 Å². The van der Waals surface area contributed by atoms with E-state index in [0.717, 1.165) is 12.8 Å². The molecule has 0 radical (unpaired) electrons. The van der Waals surface area contributed by atoms with E-state index < -0.39 is 10.0 Å². The van der Waals surface area contributed by atoms with E-state index in [9.17, 15) is 8.42 Å². The molecule has 7 heteroatoms. The molecule has 0 saturated heterocycles. The first-order valence-corrected chi connectivity index (χ1v) is 8.84. The standard InChI is InChI=1S/C14H22ClNO4S/c1-2-3-8-20-9-4-7-16-21(18,19)14-10-12(11-17)5-6-13(14)15/h5-6,10,16-17H,2-4,7-9,11H2,1H3. The van der Waals surface area contributed by atoms with E-state index >= 15 is 0 Å². The largest absolute Gasteiger partial charge is 0.392 e. The van der Waals surface area contributed by atoms with Gasteiger partial charge in [-0.3, -0.25) is 0 Å². The number of halogens is 1. The van der Waals surface area contributed by atoms with Crippen LogP contribution >= 0.6 is 11.6 Å². The Morgan fingerprint density at radius 3 is 2.67 bits per heavy atom. The van der Waals surface area contributed by atoms with Crippen LogP contribution in [0.1, 0.15) is 31.7 Å². The molecule has 2 N–H and O–H groups in total. The number of rotatable bonds is 10. The Balaban J connectivity index is 2.50. The van der Waals surface area contributed by atoms with Crippen molar-refractivity contribution in [3.63, 3.8) is 0 Å². The van der Waals surface area contributed by atoms with Crippen LogP contribution in [0.25, 0.3) is 0 Å². The Kier molecular flexibility index (Phi) is 8.21. The lowest BCUT2D eigenvalue weighted by Crippen LogP contribution is -2.26. The number of sulfonamides is 1. The van der Waals surface area contributed by atoms with Gasteiger partial charge < -0.3 is 9.84 Å². The van der Waals surface area contributed by atoms with Gasteiger partial charge in [0.15, 0.2) is 0 Å². The number of aliphatic hydroxyl groups is 1. The summed E-state index contributed by atoms with van der Waals surface area (Å²) in [5.74, 6) is 0. The second kappa shape index (κ2) is 9.38. The third kappa shape index (κ3) is 6.32. The third-order valence-electron chi connectivity index (χ3n) is 2.87. The minimum absolute atomic E-state index is 0.0115. The van der Waals surface area contributed by atoms with Crippen LogP contribution in [0.2, 0.25) is 5.02 Å². The summed E-state index contributed by atoms with van der Waals surface area (Å²) in [6, 6.07) is 4.43. The molecule has 1 rings (SSSR count). The fraction of sp³-hybridized carbons (Fsp3) is 0.571. The van der Waals surface area contributed by atoms with Crippen molar-refractivity contribution in [3.8, 4) is 0 Å². The minimum Gasteiger partial charge on any atom is -0.392 e. The highest BCUT2D eigenvalue weighted by atomic mass is 35.5. The van der Waals surface area contributed by atoms with Crippen LogP contribution < -0.4 is 4.72 Å². The van der Waals surface area contributed by atoms with Gasteiger partial charge in [0.05, 0.1) is 11.6 Å². The summed E-state index contributed by atoms with van der Waals surface area (Å²) in [5, 5.41) is 9.20. The average Bonchev–Trinajstić information content (AvgIpc) is 2.46. The Bertz CT molecular complexity index is 534. The Morgan fingerprint density at radius 2 is 2.00 bits per heavy atom. The van der Waals surface area contributed by atoms with Gasteiger partial charge in [0.2, 0.25) is 10.0 Å². The monoisotopic (exact) mass is 335 g/mol. The summed E-state index contributed by atoms with van der Waals surface area (Å²) in [4.78, 5) is -0.0115. The van der Waals surface area contributed by atoms with Crippen LogP contribution in [0.5, 0.6) is 0 Å². The third-order valence-corrected chi connectivity index (χ3v) is 4.81. The zero-order valence-corrected chi connectivity index (χ0v) is 13.7. The van der Waals surface area contributed by atoms with Gasteiger partial charge in [-0.15, -0.1) is 0 Å². The average molecular weight is 336 g/mol. The van der Waals surface area contributed by atoms with Crippen LogP contribution in [0.15, 0.2) is 23.1 Å². The molecule has 0 unspecified atom stereocenters. The number of nitrogens with one attached hydrogen (secondary N) is 1. The lowest BCUT2D eigenvalue weighted by Gasteiger charge is -2.10. The molecular formula is C14H22ClNO4S. The first-order chi connectivity index (χ1) is 10.0. The lowest BCUT2D eigenvalue weighted by atomic mass is 10.2. The van der Waals surface area contributed by atoms with E-state index in [1.165, 1.54) is 12.1 Å². The zero-order valence-electron chi connectivity index (χ0n) is 12.1. The van der Waals surface area contributed by atoms with Gasteiger partial charge in [0.25, 0.3) is 0 Å². The van der Waals surface area contributed by atoms with Crippen LogP contribution in [0.3, 0.4) is 0 Å². The van der Waals surface area contributed by atoms with Crippen LogP contribution in [0, 0.1) is 0 Å². The summed E-state index contributed by atoms with van der Waals surface area (Å²) in [7, 11) is -3.67. The molecular weight excluding hydrogens is 314 g/mol. The van der Waals surface area contributed by atoms with Crippen LogP contribution in [-0.2, 0) is 21.4 Å². The SMILES string of the molecule is CCCCOCCCNS(=O)(=O)c1cc(CO)ccc1Cl. The highest BCUT2D eigenvalue weighted by molar-refractivity contribution is 7.89. The highest BCUT2D eigenvalue weighted by Gasteiger charge is 2.17. The molecule has 0 heterocycles. The van der Waals surface area contributed by atoms with Crippen molar-refractivity contribution < 1.29 is 18.3 Å². The maximum Gasteiger partial charge on any atom is 0.242 e. The molecule has 0 amide bonds. The number of aliphatic hydroxyl groups excluding tert-OH is 1. The molecule has 1 aromatic rings. The molecule has 1 aromatic carbocycles. The van der Waals surface area contributed by atoms with E-state index in [1.54, 1.807) is 6.07 Å². The van der Waals surface area contributed by atoms with Gasteiger partial charge >= 0.3 is 0 Å². The second-order valence-electron chi connectivity index (χ2n) is 4.64. The van der Waals surface area contributed by atoms with Crippen LogP contribution in [-0.4, -0.2) is 33.3 Å². The number of ether oxygens (including phenoxy) is 1. The fourth-order valence-electron chi connectivity index (χ4n) is 1.66. The van der Waals surface area contributed by atoms with Crippen LogP contribution in [0.4, 0.5) is 0 Å². The van der Waals surface area contributed by atoms with Gasteiger partial charge in [-0.05, 0) is 30.5 Å². The maximum atomic E-state index is 12.1. The normalized spacial score (nSPS) is 11.8. The Hall–Kier alpha value is -0.660. The molecule has 0 aliphatic heterocycles. The molecule has 0 atom stereocenters. The smallest absolute Gasteiger partial charge is 0.242 e. The van der Waals surface area contributed by atoms with Crippen molar-refractivity contribution in [1.82, 2.24) is 4.72 Å². The molecule has 0 aliphatic rings. The molecule has 0 aliphatic carbocycles. The zero-order chi connectivity index (χ0) is 15.7. The van der Waals surface area contributed by atoms with Crippen molar-refractivity contribution in [2.75, 3.05) is 19.8 Å². The number of hydrogen-bond donors (Lipinski definition) is 2. The van der Waals surface area contributed by atoms with Crippen molar-refractivity contribution >= 4 is 21.6 Å². The summed E-state index contributed by atoms with van der Waals surface area (Å²) in [5.41, 5.74) is 0.502. The predicted octanol–water partition coefficient (Wildman–Crippen LogP) is 2.32. The summed E-state index contributed by atoms with van der Waals surface area (Å²) in [6.07, 6.45) is 2.68. The van der Waals surface area contributed by atoms with Gasteiger partial charge in [0.1, 0.15) is 4.90 Å². The van der Waals surface area contributed by atoms with Crippen molar-refractivity contribution in [3.05, 3.63) is 28.8 Å². The number of hydrogen-bond acceptors (Lipinski definition) is 4. The molecule has 0 spiro atoms. The predicted molar refractivity (Wildman–Crippen MR) is 82.9 cm³/mol. The Labute approximate surface area is 131 Å². The second-order valence-corrected chi connectivity index (χ2v) is 6.78. The fourth-order valence-corrected chi connectivity index (χ4v) is 3.28. The molecule has 0 fully saturated rings. The maximum absolute atomic E-state index is 12.1. The van der Waals surface area contributed by atoms with E-state index in [0.29, 0.717) is 25.2 Å². The van der Waals surface area contributed by atoms with Crippen molar-refractivity contribution in [1.29, 1.82) is 0 Å². The topological polar surface area (TPSA) is 75.6 Å². The van der Waals surface area contributed by atoms with Gasteiger partial charge in [0, 0.05) is 19.8 Å². The minimum atomic E-state index is -3.67. The van der Waals surface area contributed by atoms with Crippen molar-refractivity contribution in [2.45, 2.75) is 37.7 Å². The first-order valence-electron chi connectivity index (χ1n) is 6.98. The summed E-state index contributed by atoms with van der Waals surface area (Å²) in [6.45, 7) is 3.36. The quantitative estimate of drug-likeness (QED) is 0.643. The molecule has 21 heavy (non-hydrogen) atoms. The highest BCUT2D eigenvalue weighted by Crippen LogP contribution is 2.22. The first kappa shape index (κ1) is 18.4. The van der Waals surface area contributed by atoms with Crippen molar-refractivity contribution in [2.24, 2.45) is 0 Å². The number of unbranched alkanes of at least 4 members (excludes halogenated alkanes) is 1. The summed E-state index contributed by atoms with van der Waals surface area (Å²) >= 11 is 5.91. The molecule has 120 valence electrons. The van der Waals surface area contributed by atoms with E-state index in [2.05, 4.69) is 11.6 Å². The van der Waals surface area contributed by atoms with E-state index in [1.807, 2.05) is 0 Å². The molecule has 0 aromatic heterocycles. The van der Waals surface area contributed by atoms with E-state index in [-0.39, 0.29) is 23.1 Å². The molecule has 0 saturated carbocycles. The molecule has 0 bridgehead atoms. The lowest BCUT2D eigenvalue weighted by molar-refractivity contribution is 0.130. The van der Waals surface area contributed by atoms with E-state index in [4.69, 9.17) is 21.4 Å². The molecule has 5 nitrogen and oxygen atoms in total. The number of benzene rings is 1. The Morgan fingerprint density at radius 1 is 1.29 bits per heavy atom. The van der Waals surface area contributed by atoms with Gasteiger partial charge in [-0.2, -0.15) is 0 Å². The van der Waals surface area contributed by atoms with Gasteiger partial charge in [-0.1, -0.05) is 31.0 Å².